The molecule has 0 saturated heterocycles. The van der Waals surface area contributed by atoms with Gasteiger partial charge in [-0.05, 0) is 25.9 Å². The largest absolute Gasteiger partial charge is 0.322 e. The van der Waals surface area contributed by atoms with Gasteiger partial charge in [0.2, 0.25) is 0 Å². The second kappa shape index (κ2) is 7.25. The number of hydrogen-bond donors (Lipinski definition) is 2. The topological polar surface area (TPSA) is 55.1 Å². The lowest BCUT2D eigenvalue weighted by Gasteiger charge is -2.08. The van der Waals surface area contributed by atoms with Gasteiger partial charge in [0.05, 0.1) is 6.04 Å². The third-order valence-electron chi connectivity index (χ3n) is 1.88. The number of carbonyl (C=O) groups is 1. The standard InChI is InChI=1S/C9H20N2O/c1-3-9(12)8(10)6-5-7-11-4-2/h8,11H,3-7,10H2,1-2H3. The van der Waals surface area contributed by atoms with Gasteiger partial charge in [0, 0.05) is 6.42 Å². The van der Waals surface area contributed by atoms with Crippen molar-refractivity contribution in [2.45, 2.75) is 39.2 Å². The number of ketones is 1. The molecule has 0 fully saturated rings. The van der Waals surface area contributed by atoms with Gasteiger partial charge >= 0.3 is 0 Å². The van der Waals surface area contributed by atoms with E-state index in [0.717, 1.165) is 25.9 Å². The molecular weight excluding hydrogens is 152 g/mol. The predicted octanol–water partition coefficient (Wildman–Crippen LogP) is 0.682. The summed E-state index contributed by atoms with van der Waals surface area (Å²) in [5, 5.41) is 3.19. The summed E-state index contributed by atoms with van der Waals surface area (Å²) in [5.41, 5.74) is 5.63. The number of carbonyl (C=O) groups excluding carboxylic acids is 1. The third kappa shape index (κ3) is 5.27. The molecule has 0 amide bonds. The van der Waals surface area contributed by atoms with Gasteiger partial charge in [-0.2, -0.15) is 0 Å². The van der Waals surface area contributed by atoms with Crippen molar-refractivity contribution in [3.63, 3.8) is 0 Å². The van der Waals surface area contributed by atoms with Gasteiger partial charge in [0.1, 0.15) is 5.78 Å². The number of Topliss-reactive ketones (excluding diaryl/α,β-unsaturated/α-hetero) is 1. The molecule has 0 aliphatic heterocycles. The molecule has 0 aromatic rings. The molecule has 0 aliphatic rings. The van der Waals surface area contributed by atoms with Gasteiger partial charge in [0.15, 0.2) is 0 Å². The first kappa shape index (κ1) is 11.6. The lowest BCUT2D eigenvalue weighted by atomic mass is 10.1. The first-order chi connectivity index (χ1) is 5.72. The average Bonchev–Trinajstić information content (AvgIpc) is 2.10. The minimum atomic E-state index is -0.242. The van der Waals surface area contributed by atoms with Crippen molar-refractivity contribution in [3.05, 3.63) is 0 Å². The van der Waals surface area contributed by atoms with Gasteiger partial charge in [0.25, 0.3) is 0 Å². The van der Waals surface area contributed by atoms with Crippen LogP contribution in [0.2, 0.25) is 0 Å². The Balaban J connectivity index is 3.31. The fourth-order valence-electron chi connectivity index (χ4n) is 1.05. The number of hydrogen-bond acceptors (Lipinski definition) is 3. The Bertz CT molecular complexity index is 126. The Labute approximate surface area is 74.7 Å². The van der Waals surface area contributed by atoms with E-state index in [9.17, 15) is 4.79 Å². The normalized spacial score (nSPS) is 12.9. The SMILES string of the molecule is CCNCCCC(N)C(=O)CC. The van der Waals surface area contributed by atoms with E-state index in [1.807, 2.05) is 6.92 Å². The lowest BCUT2D eigenvalue weighted by molar-refractivity contribution is -0.120. The van der Waals surface area contributed by atoms with Crippen LogP contribution in [0.25, 0.3) is 0 Å². The Hall–Kier alpha value is -0.410. The molecule has 0 bridgehead atoms. The summed E-state index contributed by atoms with van der Waals surface area (Å²) in [4.78, 5) is 11.0. The molecule has 1 atom stereocenters. The van der Waals surface area contributed by atoms with Gasteiger partial charge in [-0.25, -0.2) is 0 Å². The monoisotopic (exact) mass is 172 g/mol. The summed E-state index contributed by atoms with van der Waals surface area (Å²) in [6.45, 7) is 5.86. The maximum atomic E-state index is 11.0. The van der Waals surface area contributed by atoms with E-state index in [4.69, 9.17) is 5.73 Å². The number of nitrogens with two attached hydrogens (primary N) is 1. The third-order valence-corrected chi connectivity index (χ3v) is 1.88. The van der Waals surface area contributed by atoms with Crippen LogP contribution in [0.4, 0.5) is 0 Å². The zero-order valence-corrected chi connectivity index (χ0v) is 8.10. The summed E-state index contributed by atoms with van der Waals surface area (Å²) in [5.74, 6) is 0.173. The fourth-order valence-corrected chi connectivity index (χ4v) is 1.05. The Morgan fingerprint density at radius 3 is 2.67 bits per heavy atom. The molecule has 3 N–H and O–H groups in total. The van der Waals surface area contributed by atoms with E-state index >= 15 is 0 Å². The highest BCUT2D eigenvalue weighted by Crippen LogP contribution is 1.97. The van der Waals surface area contributed by atoms with Crippen LogP contribution in [0.15, 0.2) is 0 Å². The van der Waals surface area contributed by atoms with E-state index in [1.165, 1.54) is 0 Å². The minimum absolute atomic E-state index is 0.173. The van der Waals surface area contributed by atoms with E-state index in [1.54, 1.807) is 0 Å². The van der Waals surface area contributed by atoms with Crippen LogP contribution in [-0.4, -0.2) is 24.9 Å². The predicted molar refractivity (Wildman–Crippen MR) is 51.1 cm³/mol. The maximum absolute atomic E-state index is 11.0. The summed E-state index contributed by atoms with van der Waals surface area (Å²) in [7, 11) is 0. The van der Waals surface area contributed by atoms with Gasteiger partial charge in [-0.15, -0.1) is 0 Å². The first-order valence-electron chi connectivity index (χ1n) is 4.71. The average molecular weight is 172 g/mol. The van der Waals surface area contributed by atoms with Gasteiger partial charge in [-0.1, -0.05) is 13.8 Å². The van der Waals surface area contributed by atoms with Gasteiger partial charge in [-0.3, -0.25) is 4.79 Å². The molecule has 12 heavy (non-hydrogen) atoms. The molecule has 0 heterocycles. The van der Waals surface area contributed by atoms with Crippen LogP contribution in [0.5, 0.6) is 0 Å². The molecule has 0 aromatic carbocycles. The lowest BCUT2D eigenvalue weighted by Crippen LogP contribution is -2.30. The molecule has 3 heteroatoms. The highest BCUT2D eigenvalue weighted by Gasteiger charge is 2.09. The molecule has 0 rings (SSSR count). The molecule has 0 saturated carbocycles. The molecule has 3 nitrogen and oxygen atoms in total. The number of nitrogens with one attached hydrogen (secondary N) is 1. The Morgan fingerprint density at radius 1 is 1.50 bits per heavy atom. The van der Waals surface area contributed by atoms with Crippen molar-refractivity contribution in [3.8, 4) is 0 Å². The zero-order valence-electron chi connectivity index (χ0n) is 8.10. The second-order valence-corrected chi connectivity index (χ2v) is 2.92. The maximum Gasteiger partial charge on any atom is 0.149 e. The van der Waals surface area contributed by atoms with Crippen molar-refractivity contribution < 1.29 is 4.79 Å². The number of rotatable bonds is 7. The van der Waals surface area contributed by atoms with Crippen molar-refractivity contribution >= 4 is 5.78 Å². The summed E-state index contributed by atoms with van der Waals surface area (Å²) in [6, 6.07) is -0.242. The Morgan fingerprint density at radius 2 is 2.17 bits per heavy atom. The van der Waals surface area contributed by atoms with Crippen molar-refractivity contribution in [2.24, 2.45) is 5.73 Å². The van der Waals surface area contributed by atoms with Gasteiger partial charge < -0.3 is 11.1 Å². The van der Waals surface area contributed by atoms with Crippen LogP contribution in [-0.2, 0) is 4.79 Å². The smallest absolute Gasteiger partial charge is 0.149 e. The summed E-state index contributed by atoms with van der Waals surface area (Å²) < 4.78 is 0. The highest BCUT2D eigenvalue weighted by molar-refractivity contribution is 5.83. The summed E-state index contributed by atoms with van der Waals surface area (Å²) in [6.07, 6.45) is 2.35. The molecule has 1 unspecified atom stereocenters. The van der Waals surface area contributed by atoms with Crippen molar-refractivity contribution in [1.29, 1.82) is 0 Å². The van der Waals surface area contributed by atoms with Crippen LogP contribution < -0.4 is 11.1 Å². The van der Waals surface area contributed by atoms with Crippen molar-refractivity contribution in [1.82, 2.24) is 5.32 Å². The molecule has 0 aromatic heterocycles. The highest BCUT2D eigenvalue weighted by atomic mass is 16.1. The van der Waals surface area contributed by atoms with E-state index in [0.29, 0.717) is 6.42 Å². The van der Waals surface area contributed by atoms with Crippen molar-refractivity contribution in [2.75, 3.05) is 13.1 Å². The van der Waals surface area contributed by atoms with Crippen LogP contribution in [0.1, 0.15) is 33.1 Å². The zero-order chi connectivity index (χ0) is 9.40. The first-order valence-corrected chi connectivity index (χ1v) is 4.71. The van der Waals surface area contributed by atoms with E-state index in [-0.39, 0.29) is 11.8 Å². The Kier molecular flexibility index (Phi) is 7.00. The molecule has 72 valence electrons. The van der Waals surface area contributed by atoms with Crippen LogP contribution in [0, 0.1) is 0 Å². The minimum Gasteiger partial charge on any atom is -0.322 e. The van der Waals surface area contributed by atoms with Crippen LogP contribution in [0.3, 0.4) is 0 Å². The molecule has 0 aliphatic carbocycles. The summed E-state index contributed by atoms with van der Waals surface area (Å²) >= 11 is 0. The van der Waals surface area contributed by atoms with E-state index < -0.39 is 0 Å². The quantitative estimate of drug-likeness (QED) is 0.555. The molecular formula is C9H20N2O. The van der Waals surface area contributed by atoms with E-state index in [2.05, 4.69) is 12.2 Å². The van der Waals surface area contributed by atoms with Crippen LogP contribution >= 0.6 is 0 Å². The molecule has 0 spiro atoms. The fraction of sp³-hybridized carbons (Fsp3) is 0.889. The molecule has 0 radical (unpaired) electrons. The second-order valence-electron chi connectivity index (χ2n) is 2.92.